The third-order valence-electron chi connectivity index (χ3n) is 2.74. The van der Waals surface area contributed by atoms with Crippen LogP contribution < -0.4 is 4.72 Å². The summed E-state index contributed by atoms with van der Waals surface area (Å²) >= 11 is 5.74. The quantitative estimate of drug-likeness (QED) is 0.608. The Labute approximate surface area is 128 Å². The van der Waals surface area contributed by atoms with E-state index in [4.69, 9.17) is 16.3 Å². The van der Waals surface area contributed by atoms with Crippen molar-refractivity contribution >= 4 is 27.3 Å². The summed E-state index contributed by atoms with van der Waals surface area (Å²) in [7, 11) is -3.87. The second-order valence-corrected chi connectivity index (χ2v) is 6.59. The maximum absolute atomic E-state index is 12.2. The fourth-order valence-corrected chi connectivity index (χ4v) is 3.37. The SMILES string of the molecule is CCOC(C)CNS(=O)(=O)c1cc([N+](=O)[O-])c(Cl)cc1C. The molecule has 118 valence electrons. The Hall–Kier alpha value is -1.22. The van der Waals surface area contributed by atoms with Crippen LogP contribution in [0.15, 0.2) is 17.0 Å². The molecule has 0 bridgehead atoms. The highest BCUT2D eigenvalue weighted by atomic mass is 35.5. The largest absolute Gasteiger partial charge is 0.377 e. The number of nitro benzene ring substituents is 1. The van der Waals surface area contributed by atoms with E-state index in [0.717, 1.165) is 6.07 Å². The number of ether oxygens (including phenoxy) is 1. The Morgan fingerprint density at radius 3 is 2.62 bits per heavy atom. The van der Waals surface area contributed by atoms with Gasteiger partial charge < -0.3 is 4.74 Å². The first kappa shape index (κ1) is 17.8. The topological polar surface area (TPSA) is 98.5 Å². The predicted molar refractivity (Wildman–Crippen MR) is 79.1 cm³/mol. The van der Waals surface area contributed by atoms with Crippen molar-refractivity contribution in [1.82, 2.24) is 4.72 Å². The Morgan fingerprint density at radius 1 is 1.48 bits per heavy atom. The number of halogens is 1. The van der Waals surface area contributed by atoms with E-state index in [2.05, 4.69) is 4.72 Å². The molecule has 1 N–H and O–H groups in total. The molecule has 0 aliphatic carbocycles. The maximum atomic E-state index is 12.2. The van der Waals surface area contributed by atoms with Gasteiger partial charge in [0.25, 0.3) is 5.69 Å². The molecule has 0 saturated carbocycles. The van der Waals surface area contributed by atoms with Crippen molar-refractivity contribution in [1.29, 1.82) is 0 Å². The second-order valence-electron chi connectivity index (χ2n) is 4.44. The summed E-state index contributed by atoms with van der Waals surface area (Å²) in [5.74, 6) is 0. The molecule has 0 aromatic heterocycles. The Bertz CT molecular complexity index is 633. The standard InChI is InChI=1S/C12H17ClN2O5S/c1-4-20-9(3)7-14-21(18,19)12-6-11(15(16)17)10(13)5-8(12)2/h5-6,9,14H,4,7H2,1-3H3. The Balaban J connectivity index is 3.08. The minimum absolute atomic E-state index is 0.0754. The van der Waals surface area contributed by atoms with Crippen LogP contribution in [-0.2, 0) is 14.8 Å². The molecule has 0 aliphatic heterocycles. The van der Waals surface area contributed by atoms with Gasteiger partial charge in [-0.05, 0) is 32.4 Å². The monoisotopic (exact) mass is 336 g/mol. The second kappa shape index (κ2) is 7.17. The molecule has 1 aromatic rings. The molecule has 1 atom stereocenters. The van der Waals surface area contributed by atoms with Crippen LogP contribution in [0.3, 0.4) is 0 Å². The maximum Gasteiger partial charge on any atom is 0.289 e. The van der Waals surface area contributed by atoms with Gasteiger partial charge in [0.1, 0.15) is 5.02 Å². The van der Waals surface area contributed by atoms with Crippen molar-refractivity contribution in [3.05, 3.63) is 32.8 Å². The minimum Gasteiger partial charge on any atom is -0.377 e. The summed E-state index contributed by atoms with van der Waals surface area (Å²) in [5.41, 5.74) is -0.109. The van der Waals surface area contributed by atoms with Crippen molar-refractivity contribution in [3.8, 4) is 0 Å². The number of nitro groups is 1. The van der Waals surface area contributed by atoms with Gasteiger partial charge in [0.2, 0.25) is 10.0 Å². The number of aryl methyl sites for hydroxylation is 1. The smallest absolute Gasteiger partial charge is 0.289 e. The number of benzene rings is 1. The molecule has 1 aromatic carbocycles. The Kier molecular flexibility index (Phi) is 6.09. The molecule has 0 amide bonds. The van der Waals surface area contributed by atoms with Crippen LogP contribution in [0.2, 0.25) is 5.02 Å². The summed E-state index contributed by atoms with van der Waals surface area (Å²) < 4.78 is 32.0. The van der Waals surface area contributed by atoms with Crippen LogP contribution in [0.4, 0.5) is 5.69 Å². The number of sulfonamides is 1. The van der Waals surface area contributed by atoms with Gasteiger partial charge in [0.05, 0.1) is 15.9 Å². The lowest BCUT2D eigenvalue weighted by Crippen LogP contribution is -2.32. The van der Waals surface area contributed by atoms with Gasteiger partial charge in [-0.25, -0.2) is 13.1 Å². The molecule has 0 aliphatic rings. The summed E-state index contributed by atoms with van der Waals surface area (Å²) in [6.45, 7) is 5.59. The van der Waals surface area contributed by atoms with E-state index in [1.807, 2.05) is 0 Å². The van der Waals surface area contributed by atoms with E-state index >= 15 is 0 Å². The molecule has 9 heteroatoms. The van der Waals surface area contributed by atoms with Crippen LogP contribution in [0.25, 0.3) is 0 Å². The van der Waals surface area contributed by atoms with E-state index in [1.165, 1.54) is 13.0 Å². The first-order valence-corrected chi connectivity index (χ1v) is 8.11. The molecule has 0 heterocycles. The lowest BCUT2D eigenvalue weighted by molar-refractivity contribution is -0.384. The van der Waals surface area contributed by atoms with Crippen LogP contribution in [0, 0.1) is 17.0 Å². The molecule has 0 radical (unpaired) electrons. The van der Waals surface area contributed by atoms with Crippen molar-refractivity contribution in [3.63, 3.8) is 0 Å². The summed E-state index contributed by atoms with van der Waals surface area (Å²) in [6.07, 6.45) is -0.299. The Morgan fingerprint density at radius 2 is 2.10 bits per heavy atom. The zero-order chi connectivity index (χ0) is 16.2. The average Bonchev–Trinajstić information content (AvgIpc) is 2.36. The van der Waals surface area contributed by atoms with Gasteiger partial charge in [0, 0.05) is 19.2 Å². The van der Waals surface area contributed by atoms with Crippen molar-refractivity contribution < 1.29 is 18.1 Å². The molecule has 21 heavy (non-hydrogen) atoms. The number of hydrogen-bond acceptors (Lipinski definition) is 5. The first-order valence-electron chi connectivity index (χ1n) is 6.24. The number of rotatable bonds is 7. The molecular weight excluding hydrogens is 320 g/mol. The molecule has 1 unspecified atom stereocenters. The van der Waals surface area contributed by atoms with E-state index in [9.17, 15) is 18.5 Å². The fourth-order valence-electron chi connectivity index (χ4n) is 1.72. The predicted octanol–water partition coefficient (Wildman–Crippen LogP) is 2.26. The zero-order valence-electron chi connectivity index (χ0n) is 11.9. The van der Waals surface area contributed by atoms with Crippen LogP contribution in [0.1, 0.15) is 19.4 Å². The summed E-state index contributed by atoms with van der Waals surface area (Å²) in [4.78, 5) is 9.97. The van der Waals surface area contributed by atoms with Crippen LogP contribution >= 0.6 is 11.6 Å². The van der Waals surface area contributed by atoms with Crippen LogP contribution in [-0.4, -0.2) is 32.6 Å². The van der Waals surface area contributed by atoms with Crippen LogP contribution in [0.5, 0.6) is 0 Å². The highest BCUT2D eigenvalue weighted by Crippen LogP contribution is 2.29. The van der Waals surface area contributed by atoms with E-state index in [1.54, 1.807) is 13.8 Å². The van der Waals surface area contributed by atoms with E-state index in [0.29, 0.717) is 12.2 Å². The lowest BCUT2D eigenvalue weighted by Gasteiger charge is -2.14. The third-order valence-corrected chi connectivity index (χ3v) is 4.61. The zero-order valence-corrected chi connectivity index (χ0v) is 13.5. The minimum atomic E-state index is -3.87. The van der Waals surface area contributed by atoms with Gasteiger partial charge in [0.15, 0.2) is 0 Å². The van der Waals surface area contributed by atoms with Crippen molar-refractivity contribution in [2.75, 3.05) is 13.2 Å². The highest BCUT2D eigenvalue weighted by molar-refractivity contribution is 7.89. The average molecular weight is 337 g/mol. The third kappa shape index (κ3) is 4.63. The summed E-state index contributed by atoms with van der Waals surface area (Å²) in [6, 6.07) is 2.23. The van der Waals surface area contributed by atoms with Crippen molar-refractivity contribution in [2.24, 2.45) is 0 Å². The first-order chi connectivity index (χ1) is 9.69. The normalized spacial score (nSPS) is 13.1. The van der Waals surface area contributed by atoms with Gasteiger partial charge in [-0.1, -0.05) is 11.6 Å². The fraction of sp³-hybridized carbons (Fsp3) is 0.500. The van der Waals surface area contributed by atoms with Crippen molar-refractivity contribution in [2.45, 2.75) is 31.8 Å². The van der Waals surface area contributed by atoms with Gasteiger partial charge in [-0.15, -0.1) is 0 Å². The molecular formula is C12H17ClN2O5S. The molecule has 0 fully saturated rings. The molecule has 7 nitrogen and oxygen atoms in total. The number of nitrogens with zero attached hydrogens (tertiary/aromatic N) is 1. The molecule has 1 rings (SSSR count). The van der Waals surface area contributed by atoms with Gasteiger partial charge in [-0.3, -0.25) is 10.1 Å². The van der Waals surface area contributed by atoms with E-state index < -0.39 is 20.6 Å². The van der Waals surface area contributed by atoms with Gasteiger partial charge in [-0.2, -0.15) is 0 Å². The number of hydrogen-bond donors (Lipinski definition) is 1. The highest BCUT2D eigenvalue weighted by Gasteiger charge is 2.23. The number of nitrogens with one attached hydrogen (secondary N) is 1. The molecule has 0 saturated heterocycles. The lowest BCUT2D eigenvalue weighted by atomic mass is 10.2. The van der Waals surface area contributed by atoms with Gasteiger partial charge >= 0.3 is 0 Å². The molecule has 0 spiro atoms. The van der Waals surface area contributed by atoms with E-state index in [-0.39, 0.29) is 22.6 Å². The summed E-state index contributed by atoms with van der Waals surface area (Å²) in [5, 5.41) is 10.8.